The Morgan fingerprint density at radius 2 is 0.738 bits per heavy atom. The van der Waals surface area contributed by atoms with Crippen molar-refractivity contribution in [2.75, 3.05) is 9.13 Å². The zero-order valence-corrected chi connectivity index (χ0v) is 24.3. The molecule has 6 heteroatoms. The van der Waals surface area contributed by atoms with Gasteiger partial charge in [-0.05, 0) is 60.7 Å². The normalized spacial score (nSPS) is 15.0. The standard InChI is InChI=1S/C36H24N2O2SSi/c1-5-17-29-25(13-1)37-27-15-3-9-21-33(27)41-34-22-10-4-16-28(34)38-26-14-2-6-18-30(26)40-32-20-8-12-24-36(32)42(37,38)35-23-11-7-19-31(35)39-29/h1-24H. The fraction of sp³-hybridized carbons (Fsp3) is 0. The van der Waals surface area contributed by atoms with E-state index in [9.17, 15) is 0 Å². The van der Waals surface area contributed by atoms with Crippen LogP contribution in [-0.2, 0) is 0 Å². The molecule has 0 saturated carbocycles. The second-order valence-electron chi connectivity index (χ2n) is 10.5. The number of hydrogen-bond acceptors (Lipinski definition) is 5. The van der Waals surface area contributed by atoms with Gasteiger partial charge in [-0.2, -0.15) is 0 Å². The topological polar surface area (TPSA) is 24.9 Å². The Kier molecular flexibility index (Phi) is 5.12. The smallest absolute Gasteiger partial charge is 0.348 e. The van der Waals surface area contributed by atoms with E-state index in [1.165, 1.54) is 9.79 Å². The highest BCUT2D eigenvalue weighted by Crippen LogP contribution is 2.55. The van der Waals surface area contributed by atoms with Crippen molar-refractivity contribution in [1.29, 1.82) is 0 Å². The van der Waals surface area contributed by atoms with Gasteiger partial charge in [-0.25, -0.2) is 0 Å². The summed E-state index contributed by atoms with van der Waals surface area (Å²) >= 11 is 1.81. The van der Waals surface area contributed by atoms with Crippen LogP contribution in [0.3, 0.4) is 0 Å². The monoisotopic (exact) mass is 576 g/mol. The lowest BCUT2D eigenvalue weighted by Gasteiger charge is -2.51. The molecule has 0 radical (unpaired) electrons. The number of ether oxygens (including phenoxy) is 2. The molecule has 3 aliphatic heterocycles. The lowest BCUT2D eigenvalue weighted by Crippen LogP contribution is -2.78. The van der Waals surface area contributed by atoms with Crippen molar-refractivity contribution in [3.05, 3.63) is 146 Å². The van der Waals surface area contributed by atoms with Crippen molar-refractivity contribution >= 4 is 53.3 Å². The predicted octanol–water partition coefficient (Wildman–Crippen LogP) is 8.60. The number of anilines is 4. The zero-order valence-electron chi connectivity index (χ0n) is 22.5. The van der Waals surface area contributed by atoms with E-state index in [0.717, 1.165) is 56.1 Å². The minimum absolute atomic E-state index is 0.832. The summed E-state index contributed by atoms with van der Waals surface area (Å²) in [5.41, 5.74) is 4.37. The molecule has 0 amide bonds. The van der Waals surface area contributed by atoms with E-state index in [-0.39, 0.29) is 0 Å². The SMILES string of the molecule is c1ccc2c(c1)Oc1ccccc1[Si]13c4ccccc4Oc4ccccc4N1c1ccccc1Sc1ccccc1N23. The molecule has 200 valence electrons. The molecule has 4 nitrogen and oxygen atoms in total. The fourth-order valence-corrected chi connectivity index (χ4v) is 13.1. The minimum atomic E-state index is -3.34. The predicted molar refractivity (Wildman–Crippen MR) is 172 cm³/mol. The van der Waals surface area contributed by atoms with Crippen molar-refractivity contribution < 1.29 is 9.47 Å². The van der Waals surface area contributed by atoms with Crippen LogP contribution in [0.2, 0.25) is 0 Å². The number of rotatable bonds is 0. The quantitative estimate of drug-likeness (QED) is 0.169. The van der Waals surface area contributed by atoms with E-state index < -0.39 is 8.40 Å². The van der Waals surface area contributed by atoms with Crippen LogP contribution in [0.4, 0.5) is 22.7 Å². The Morgan fingerprint density at radius 1 is 0.381 bits per heavy atom. The van der Waals surface area contributed by atoms with Gasteiger partial charge in [0.25, 0.3) is 0 Å². The minimum Gasteiger partial charge on any atom is -0.455 e. The number of benzene rings is 6. The Balaban J connectivity index is 1.58. The largest absolute Gasteiger partial charge is 0.455 e. The Labute approximate surface area is 249 Å². The van der Waals surface area contributed by atoms with Gasteiger partial charge in [-0.3, -0.25) is 0 Å². The van der Waals surface area contributed by atoms with Crippen molar-refractivity contribution in [2.24, 2.45) is 0 Å². The molecule has 6 aromatic rings. The summed E-state index contributed by atoms with van der Waals surface area (Å²) in [5.74, 6) is 3.39. The van der Waals surface area contributed by atoms with Gasteiger partial charge >= 0.3 is 8.40 Å². The van der Waals surface area contributed by atoms with E-state index in [1.807, 2.05) is 11.8 Å². The zero-order chi connectivity index (χ0) is 27.7. The first-order chi connectivity index (χ1) is 20.8. The van der Waals surface area contributed by atoms with Crippen LogP contribution in [0.5, 0.6) is 23.0 Å². The third kappa shape index (κ3) is 3.19. The first-order valence-corrected chi connectivity index (χ1v) is 16.7. The molecule has 3 aliphatic rings. The molecular weight excluding hydrogens is 553 g/mol. The van der Waals surface area contributed by atoms with Gasteiger partial charge in [-0.1, -0.05) is 96.7 Å². The van der Waals surface area contributed by atoms with Crippen LogP contribution in [-0.4, -0.2) is 8.40 Å². The number of nitrogens with zero attached hydrogens (tertiary/aromatic N) is 2. The average molecular weight is 577 g/mol. The van der Waals surface area contributed by atoms with Crippen LogP contribution in [0.1, 0.15) is 0 Å². The lowest BCUT2D eigenvalue weighted by molar-refractivity contribution is 0.489. The van der Waals surface area contributed by atoms with Gasteiger partial charge in [-0.15, -0.1) is 0 Å². The summed E-state index contributed by atoms with van der Waals surface area (Å²) < 4.78 is 19.0. The highest BCUT2D eigenvalue weighted by Gasteiger charge is 2.59. The molecule has 9 rings (SSSR count). The second kappa shape index (κ2) is 9.04. The third-order valence-corrected chi connectivity index (χ3v) is 14.0. The summed E-state index contributed by atoms with van der Waals surface area (Å²) in [6, 6.07) is 51.6. The maximum absolute atomic E-state index is 6.89. The van der Waals surface area contributed by atoms with Gasteiger partial charge in [0, 0.05) is 31.5 Å². The van der Waals surface area contributed by atoms with Crippen LogP contribution in [0, 0.1) is 0 Å². The van der Waals surface area contributed by atoms with E-state index in [2.05, 4.69) is 155 Å². The molecule has 0 aromatic heterocycles. The Bertz CT molecular complexity index is 1880. The van der Waals surface area contributed by atoms with E-state index in [1.54, 1.807) is 0 Å². The average Bonchev–Trinajstić information content (AvgIpc) is 3.24. The summed E-state index contributed by atoms with van der Waals surface area (Å²) in [6.07, 6.45) is 0. The highest BCUT2D eigenvalue weighted by molar-refractivity contribution is 7.99. The van der Waals surface area contributed by atoms with Crippen molar-refractivity contribution in [2.45, 2.75) is 9.79 Å². The number of hydrogen-bond donors (Lipinski definition) is 0. The molecule has 0 atom stereocenters. The van der Waals surface area contributed by atoms with Crippen molar-refractivity contribution in [3.63, 3.8) is 0 Å². The highest BCUT2D eigenvalue weighted by atomic mass is 32.2. The van der Waals surface area contributed by atoms with E-state index >= 15 is 0 Å². The summed E-state index contributed by atoms with van der Waals surface area (Å²) in [5, 5.41) is 2.32. The summed E-state index contributed by atoms with van der Waals surface area (Å²) in [4.78, 5) is 2.39. The molecule has 0 unspecified atom stereocenters. The van der Waals surface area contributed by atoms with Crippen LogP contribution >= 0.6 is 11.8 Å². The van der Waals surface area contributed by atoms with Gasteiger partial charge in [0.05, 0.1) is 11.4 Å². The molecule has 6 aromatic carbocycles. The molecule has 42 heavy (non-hydrogen) atoms. The molecule has 1 spiro atoms. The Hall–Kier alpha value is -4.91. The molecule has 0 N–H and O–H groups in total. The van der Waals surface area contributed by atoms with Gasteiger partial charge in [0.2, 0.25) is 0 Å². The maximum atomic E-state index is 6.89. The van der Waals surface area contributed by atoms with E-state index in [4.69, 9.17) is 9.47 Å². The van der Waals surface area contributed by atoms with Crippen LogP contribution in [0.25, 0.3) is 0 Å². The third-order valence-electron chi connectivity index (χ3n) is 8.26. The van der Waals surface area contributed by atoms with Crippen LogP contribution in [0.15, 0.2) is 155 Å². The fourth-order valence-electron chi connectivity index (χ4n) is 6.64. The van der Waals surface area contributed by atoms with Crippen molar-refractivity contribution in [3.8, 4) is 23.0 Å². The van der Waals surface area contributed by atoms with Gasteiger partial charge in [0.1, 0.15) is 23.0 Å². The number of fused-ring (bicyclic) bond motifs is 10. The lowest BCUT2D eigenvalue weighted by atomic mass is 10.2. The molecule has 0 aliphatic carbocycles. The van der Waals surface area contributed by atoms with Crippen molar-refractivity contribution in [1.82, 2.24) is 0 Å². The van der Waals surface area contributed by atoms with Crippen LogP contribution < -0.4 is 29.0 Å². The van der Waals surface area contributed by atoms with E-state index in [0.29, 0.717) is 0 Å². The first-order valence-electron chi connectivity index (χ1n) is 14.0. The first kappa shape index (κ1) is 23.8. The molecule has 0 fully saturated rings. The second-order valence-corrected chi connectivity index (χ2v) is 14.9. The summed E-state index contributed by atoms with van der Waals surface area (Å²) in [6.45, 7) is 0. The molecule has 0 bridgehead atoms. The molecule has 0 saturated heterocycles. The Morgan fingerprint density at radius 3 is 1.21 bits per heavy atom. The number of para-hydroxylation sites is 8. The maximum Gasteiger partial charge on any atom is 0.348 e. The molecular formula is C36H24N2O2SSi. The summed E-state index contributed by atoms with van der Waals surface area (Å²) in [7, 11) is -3.34. The molecule has 3 heterocycles. The van der Waals surface area contributed by atoms with Gasteiger partial charge < -0.3 is 18.6 Å². The van der Waals surface area contributed by atoms with Gasteiger partial charge in [0.15, 0.2) is 0 Å².